The molecule has 2 nitrogen and oxygen atoms in total. The van der Waals surface area contributed by atoms with Crippen molar-refractivity contribution in [3.63, 3.8) is 0 Å². The topological polar surface area (TPSA) is 40.5 Å². The predicted molar refractivity (Wildman–Crippen MR) is 91.7 cm³/mol. The highest BCUT2D eigenvalue weighted by Crippen LogP contribution is 2.34. The molecule has 2 rings (SSSR count). The molecule has 0 heterocycles. The van der Waals surface area contributed by atoms with Gasteiger partial charge < -0.3 is 10.2 Å². The average molecular weight is 298 g/mol. The summed E-state index contributed by atoms with van der Waals surface area (Å²) in [6.07, 6.45) is 3.00. The van der Waals surface area contributed by atoms with Crippen molar-refractivity contribution in [2.45, 2.75) is 51.9 Å². The Morgan fingerprint density at radius 1 is 0.909 bits per heavy atom. The fourth-order valence-corrected chi connectivity index (χ4v) is 3.05. The lowest BCUT2D eigenvalue weighted by Gasteiger charge is -2.21. The number of hydrogen-bond acceptors (Lipinski definition) is 2. The van der Waals surface area contributed by atoms with E-state index in [4.69, 9.17) is 0 Å². The van der Waals surface area contributed by atoms with E-state index in [2.05, 4.69) is 26.8 Å². The van der Waals surface area contributed by atoms with E-state index in [1.807, 2.05) is 24.3 Å². The molecule has 0 amide bonds. The first-order chi connectivity index (χ1) is 10.5. The van der Waals surface area contributed by atoms with Crippen molar-refractivity contribution in [3.8, 4) is 11.5 Å². The van der Waals surface area contributed by atoms with Crippen LogP contribution in [0.2, 0.25) is 0 Å². The van der Waals surface area contributed by atoms with E-state index in [1.165, 1.54) is 11.1 Å². The molecule has 0 radical (unpaired) electrons. The van der Waals surface area contributed by atoms with Crippen molar-refractivity contribution in [2.24, 2.45) is 0 Å². The number of hydrogen-bond donors (Lipinski definition) is 2. The van der Waals surface area contributed by atoms with Gasteiger partial charge in [-0.15, -0.1) is 0 Å². The van der Waals surface area contributed by atoms with Gasteiger partial charge in [-0.25, -0.2) is 0 Å². The normalized spacial score (nSPS) is 13.8. The smallest absolute Gasteiger partial charge is 0.118 e. The molecule has 0 aliphatic rings. The first-order valence-corrected chi connectivity index (χ1v) is 8.15. The van der Waals surface area contributed by atoms with Crippen LogP contribution in [0.5, 0.6) is 11.5 Å². The van der Waals surface area contributed by atoms with Crippen LogP contribution in [0.25, 0.3) is 0 Å². The molecule has 0 fully saturated rings. The number of aryl methyl sites for hydroxylation is 1. The molecule has 2 unspecified atom stereocenters. The minimum absolute atomic E-state index is 0.314. The van der Waals surface area contributed by atoms with Crippen LogP contribution >= 0.6 is 0 Å². The average Bonchev–Trinajstić information content (AvgIpc) is 2.53. The van der Waals surface area contributed by atoms with Crippen LogP contribution in [0, 0.1) is 0 Å². The number of rotatable bonds is 6. The Bertz CT molecular complexity index is 602. The maximum Gasteiger partial charge on any atom is 0.118 e. The molecular weight excluding hydrogens is 272 g/mol. The van der Waals surface area contributed by atoms with Crippen LogP contribution < -0.4 is 0 Å². The molecule has 0 aliphatic carbocycles. The van der Waals surface area contributed by atoms with Gasteiger partial charge in [-0.05, 0) is 66.0 Å². The Morgan fingerprint density at radius 2 is 1.55 bits per heavy atom. The van der Waals surface area contributed by atoms with Gasteiger partial charge in [-0.1, -0.05) is 45.0 Å². The Hall–Kier alpha value is -1.96. The SMILES string of the molecule is CCc1cc(C(CC)CC(C)c2ccc(O)cc2)ccc1O. The zero-order valence-corrected chi connectivity index (χ0v) is 13.7. The van der Waals surface area contributed by atoms with Gasteiger partial charge in [-0.3, -0.25) is 0 Å². The van der Waals surface area contributed by atoms with Gasteiger partial charge in [-0.2, -0.15) is 0 Å². The van der Waals surface area contributed by atoms with Gasteiger partial charge in [0.2, 0.25) is 0 Å². The third-order valence-electron chi connectivity index (χ3n) is 4.55. The quantitative estimate of drug-likeness (QED) is 0.755. The first kappa shape index (κ1) is 16.4. The largest absolute Gasteiger partial charge is 0.508 e. The summed E-state index contributed by atoms with van der Waals surface area (Å²) in [6.45, 7) is 6.52. The summed E-state index contributed by atoms with van der Waals surface area (Å²) >= 11 is 0. The summed E-state index contributed by atoms with van der Waals surface area (Å²) in [4.78, 5) is 0. The fourth-order valence-electron chi connectivity index (χ4n) is 3.05. The summed E-state index contributed by atoms with van der Waals surface area (Å²) in [6, 6.07) is 13.5. The van der Waals surface area contributed by atoms with Gasteiger partial charge in [0, 0.05) is 0 Å². The number of phenolic OH excluding ortho intramolecular Hbond substituents is 2. The standard InChI is InChI=1S/C20H26O2/c1-4-15(18-8-11-20(22)16(5-2)13-18)12-14(3)17-6-9-19(21)10-7-17/h6-11,13-15,21-22H,4-5,12H2,1-3H3. The van der Waals surface area contributed by atoms with Gasteiger partial charge >= 0.3 is 0 Å². The van der Waals surface area contributed by atoms with E-state index in [1.54, 1.807) is 12.1 Å². The Morgan fingerprint density at radius 3 is 2.14 bits per heavy atom. The molecule has 22 heavy (non-hydrogen) atoms. The second-order valence-corrected chi connectivity index (χ2v) is 6.08. The Labute approximate surface area is 133 Å². The van der Waals surface area contributed by atoms with Crippen LogP contribution in [0.3, 0.4) is 0 Å². The van der Waals surface area contributed by atoms with Crippen LogP contribution in [0.1, 0.15) is 62.1 Å². The minimum atomic E-state index is 0.314. The van der Waals surface area contributed by atoms with Crippen molar-refractivity contribution in [3.05, 3.63) is 59.2 Å². The molecule has 0 saturated carbocycles. The zero-order valence-electron chi connectivity index (χ0n) is 13.7. The van der Waals surface area contributed by atoms with Gasteiger partial charge in [0.1, 0.15) is 11.5 Å². The summed E-state index contributed by atoms with van der Waals surface area (Å²) < 4.78 is 0. The molecule has 2 atom stereocenters. The van der Waals surface area contributed by atoms with Crippen LogP contribution in [0.15, 0.2) is 42.5 Å². The number of phenols is 2. The molecule has 0 spiro atoms. The molecule has 118 valence electrons. The summed E-state index contributed by atoms with van der Waals surface area (Å²) in [5.41, 5.74) is 3.58. The lowest BCUT2D eigenvalue weighted by atomic mass is 9.84. The van der Waals surface area contributed by atoms with Crippen LogP contribution in [-0.4, -0.2) is 10.2 Å². The number of aromatic hydroxyl groups is 2. The van der Waals surface area contributed by atoms with E-state index in [-0.39, 0.29) is 0 Å². The predicted octanol–water partition coefficient (Wildman–Crippen LogP) is 5.35. The van der Waals surface area contributed by atoms with E-state index in [0.717, 1.165) is 24.8 Å². The fraction of sp³-hybridized carbons (Fsp3) is 0.400. The van der Waals surface area contributed by atoms with Crippen molar-refractivity contribution in [1.82, 2.24) is 0 Å². The van der Waals surface area contributed by atoms with Crippen molar-refractivity contribution in [2.75, 3.05) is 0 Å². The molecule has 2 aromatic rings. The molecule has 0 saturated heterocycles. The van der Waals surface area contributed by atoms with Crippen LogP contribution in [0.4, 0.5) is 0 Å². The molecule has 0 aliphatic heterocycles. The van der Waals surface area contributed by atoms with E-state index in [9.17, 15) is 10.2 Å². The zero-order chi connectivity index (χ0) is 16.1. The minimum Gasteiger partial charge on any atom is -0.508 e. The molecule has 2 aromatic carbocycles. The van der Waals surface area contributed by atoms with Crippen LogP contribution in [-0.2, 0) is 6.42 Å². The Balaban J connectivity index is 2.16. The molecule has 2 N–H and O–H groups in total. The highest BCUT2D eigenvalue weighted by molar-refractivity contribution is 5.38. The third kappa shape index (κ3) is 3.82. The second kappa shape index (κ2) is 7.35. The van der Waals surface area contributed by atoms with Gasteiger partial charge in [0.25, 0.3) is 0 Å². The number of benzene rings is 2. The van der Waals surface area contributed by atoms with Crippen molar-refractivity contribution < 1.29 is 10.2 Å². The van der Waals surface area contributed by atoms with E-state index < -0.39 is 0 Å². The molecule has 0 bridgehead atoms. The van der Waals surface area contributed by atoms with E-state index in [0.29, 0.717) is 23.3 Å². The van der Waals surface area contributed by atoms with Gasteiger partial charge in [0.15, 0.2) is 0 Å². The molecular formula is C20H26O2. The van der Waals surface area contributed by atoms with Crippen molar-refractivity contribution >= 4 is 0 Å². The highest BCUT2D eigenvalue weighted by Gasteiger charge is 2.16. The highest BCUT2D eigenvalue weighted by atomic mass is 16.3. The molecule has 0 aromatic heterocycles. The van der Waals surface area contributed by atoms with E-state index >= 15 is 0 Å². The lowest BCUT2D eigenvalue weighted by molar-refractivity contribution is 0.467. The lowest BCUT2D eigenvalue weighted by Crippen LogP contribution is -2.04. The van der Waals surface area contributed by atoms with Gasteiger partial charge in [0.05, 0.1) is 0 Å². The maximum absolute atomic E-state index is 9.85. The molecule has 2 heteroatoms. The second-order valence-electron chi connectivity index (χ2n) is 6.08. The summed E-state index contributed by atoms with van der Waals surface area (Å²) in [5, 5.41) is 19.3. The summed E-state index contributed by atoms with van der Waals surface area (Å²) in [7, 11) is 0. The van der Waals surface area contributed by atoms with Crippen molar-refractivity contribution in [1.29, 1.82) is 0 Å². The Kier molecular flexibility index (Phi) is 5.48. The monoisotopic (exact) mass is 298 g/mol. The summed E-state index contributed by atoms with van der Waals surface area (Å²) in [5.74, 6) is 1.63. The first-order valence-electron chi connectivity index (χ1n) is 8.15. The third-order valence-corrected chi connectivity index (χ3v) is 4.55. The maximum atomic E-state index is 9.85.